The van der Waals surface area contributed by atoms with Gasteiger partial charge in [-0.1, -0.05) is 0 Å². The van der Waals surface area contributed by atoms with Gasteiger partial charge in [-0.25, -0.2) is 9.97 Å². The van der Waals surface area contributed by atoms with E-state index in [1.165, 1.54) is 0 Å². The van der Waals surface area contributed by atoms with Gasteiger partial charge >= 0.3 is 0 Å². The Morgan fingerprint density at radius 3 is 2.77 bits per heavy atom. The van der Waals surface area contributed by atoms with E-state index in [0.717, 1.165) is 0 Å². The van der Waals surface area contributed by atoms with Crippen LogP contribution in [0.4, 0.5) is 5.95 Å². The molecule has 1 heterocycles. The topological polar surface area (TPSA) is 93.4 Å². The van der Waals surface area contributed by atoms with E-state index in [9.17, 15) is 0 Å². The van der Waals surface area contributed by atoms with Crippen LogP contribution in [-0.2, 0) is 0 Å². The Morgan fingerprint density at radius 2 is 2.23 bits per heavy atom. The Kier molecular flexibility index (Phi) is 2.63. The van der Waals surface area contributed by atoms with Crippen LogP contribution in [0.3, 0.4) is 0 Å². The van der Waals surface area contributed by atoms with Crippen LogP contribution in [0.1, 0.15) is 5.69 Å². The zero-order valence-corrected chi connectivity index (χ0v) is 7.60. The first-order valence-electron chi connectivity index (χ1n) is 3.69. The van der Waals surface area contributed by atoms with Gasteiger partial charge in [-0.15, -0.1) is 0 Å². The number of amidine groups is 1. The molecule has 6 heteroatoms. The van der Waals surface area contributed by atoms with Gasteiger partial charge in [-0.3, -0.25) is 0 Å². The van der Waals surface area contributed by atoms with Crippen molar-refractivity contribution in [1.29, 1.82) is 0 Å². The summed E-state index contributed by atoms with van der Waals surface area (Å²) in [6.07, 6.45) is 1.61. The molecule has 1 aromatic heterocycles. The van der Waals surface area contributed by atoms with Gasteiger partial charge in [0.15, 0.2) is 5.84 Å². The van der Waals surface area contributed by atoms with Crippen molar-refractivity contribution in [3.05, 3.63) is 18.0 Å². The second-order valence-electron chi connectivity index (χ2n) is 2.65. The summed E-state index contributed by atoms with van der Waals surface area (Å²) >= 11 is 0. The van der Waals surface area contributed by atoms with Crippen LogP contribution in [0.25, 0.3) is 0 Å². The fraction of sp³-hybridized carbons (Fsp3) is 0.286. The maximum atomic E-state index is 5.48. The van der Waals surface area contributed by atoms with Crippen LogP contribution in [0.5, 0.6) is 0 Å². The summed E-state index contributed by atoms with van der Waals surface area (Å²) in [5.74, 6) is 5.79. The lowest BCUT2D eigenvalue weighted by atomic mass is 10.4. The van der Waals surface area contributed by atoms with E-state index in [1.54, 1.807) is 17.2 Å². The molecule has 0 spiro atoms. The molecule has 0 aliphatic heterocycles. The molecule has 0 radical (unpaired) electrons. The van der Waals surface area contributed by atoms with Crippen LogP contribution in [-0.4, -0.2) is 29.9 Å². The summed E-state index contributed by atoms with van der Waals surface area (Å²) in [5.41, 5.74) is 6.01. The fourth-order valence-electron chi connectivity index (χ4n) is 0.773. The van der Waals surface area contributed by atoms with Gasteiger partial charge in [0, 0.05) is 20.3 Å². The summed E-state index contributed by atoms with van der Waals surface area (Å²) < 4.78 is 0. The standard InChI is InChI=1S/C7H12N6/c1-13(2)7-10-4-3-5(11-7)6(8)12-9/h3-4H,9H2,1-2H3,(H2,8,12). The van der Waals surface area contributed by atoms with E-state index in [1.807, 2.05) is 14.1 Å². The number of nitrogens with two attached hydrogens (primary N) is 2. The minimum absolute atomic E-state index is 0.200. The van der Waals surface area contributed by atoms with E-state index < -0.39 is 0 Å². The smallest absolute Gasteiger partial charge is 0.225 e. The molecular formula is C7H12N6. The van der Waals surface area contributed by atoms with Crippen molar-refractivity contribution < 1.29 is 0 Å². The average Bonchev–Trinajstić information content (AvgIpc) is 2.17. The van der Waals surface area contributed by atoms with Gasteiger partial charge in [-0.05, 0) is 6.07 Å². The molecule has 0 aliphatic rings. The maximum Gasteiger partial charge on any atom is 0.225 e. The maximum absolute atomic E-state index is 5.48. The molecule has 1 rings (SSSR count). The highest BCUT2D eigenvalue weighted by Crippen LogP contribution is 2.02. The number of hydrogen-bond donors (Lipinski definition) is 2. The first-order valence-corrected chi connectivity index (χ1v) is 3.69. The van der Waals surface area contributed by atoms with E-state index in [4.69, 9.17) is 11.6 Å². The van der Waals surface area contributed by atoms with E-state index in [2.05, 4.69) is 15.1 Å². The van der Waals surface area contributed by atoms with E-state index in [0.29, 0.717) is 11.6 Å². The van der Waals surface area contributed by atoms with Crippen molar-refractivity contribution in [3.8, 4) is 0 Å². The van der Waals surface area contributed by atoms with Crippen molar-refractivity contribution in [1.82, 2.24) is 9.97 Å². The number of aromatic nitrogens is 2. The third-order valence-corrected chi connectivity index (χ3v) is 1.44. The number of nitrogens with zero attached hydrogens (tertiary/aromatic N) is 4. The molecule has 0 fully saturated rings. The Morgan fingerprint density at radius 1 is 1.54 bits per heavy atom. The van der Waals surface area contributed by atoms with Gasteiger partial charge in [0.05, 0.1) is 0 Å². The lowest BCUT2D eigenvalue weighted by molar-refractivity contribution is 0.990. The molecule has 70 valence electrons. The molecule has 0 unspecified atom stereocenters. The molecule has 0 aliphatic carbocycles. The molecule has 0 atom stereocenters. The SMILES string of the molecule is CN(C)c1nccc(/C(N)=N/N)n1. The first-order chi connectivity index (χ1) is 6.15. The number of anilines is 1. The molecule has 0 saturated heterocycles. The fourth-order valence-corrected chi connectivity index (χ4v) is 0.773. The summed E-state index contributed by atoms with van der Waals surface area (Å²) in [6.45, 7) is 0. The summed E-state index contributed by atoms with van der Waals surface area (Å²) in [5, 5.41) is 3.34. The number of rotatable bonds is 2. The molecule has 0 bridgehead atoms. The molecule has 0 aromatic carbocycles. The quantitative estimate of drug-likeness (QED) is 0.267. The normalized spacial score (nSPS) is 11.4. The molecular weight excluding hydrogens is 168 g/mol. The highest BCUT2D eigenvalue weighted by Gasteiger charge is 2.03. The monoisotopic (exact) mass is 180 g/mol. The highest BCUT2D eigenvalue weighted by atomic mass is 15.2. The minimum atomic E-state index is 0.200. The van der Waals surface area contributed by atoms with Crippen LogP contribution < -0.4 is 16.5 Å². The molecule has 1 aromatic rings. The Labute approximate surface area is 76.3 Å². The zero-order chi connectivity index (χ0) is 9.84. The first kappa shape index (κ1) is 9.24. The van der Waals surface area contributed by atoms with Gasteiger partial charge in [0.2, 0.25) is 5.95 Å². The Hall–Kier alpha value is -1.85. The predicted octanol–water partition coefficient (Wildman–Crippen LogP) is -0.878. The average molecular weight is 180 g/mol. The van der Waals surface area contributed by atoms with Crippen molar-refractivity contribution in [2.75, 3.05) is 19.0 Å². The van der Waals surface area contributed by atoms with Crippen LogP contribution in [0.2, 0.25) is 0 Å². The van der Waals surface area contributed by atoms with Crippen molar-refractivity contribution in [2.45, 2.75) is 0 Å². The minimum Gasteiger partial charge on any atom is -0.380 e. The van der Waals surface area contributed by atoms with Crippen molar-refractivity contribution >= 4 is 11.8 Å². The van der Waals surface area contributed by atoms with Gasteiger partial charge in [0.1, 0.15) is 5.69 Å². The largest absolute Gasteiger partial charge is 0.380 e. The van der Waals surface area contributed by atoms with Crippen LogP contribution in [0.15, 0.2) is 17.4 Å². The molecule has 13 heavy (non-hydrogen) atoms. The van der Waals surface area contributed by atoms with Gasteiger partial charge in [0.25, 0.3) is 0 Å². The van der Waals surface area contributed by atoms with Gasteiger partial charge < -0.3 is 16.5 Å². The van der Waals surface area contributed by atoms with Crippen molar-refractivity contribution in [2.24, 2.45) is 16.7 Å². The summed E-state index contributed by atoms with van der Waals surface area (Å²) in [4.78, 5) is 9.91. The van der Waals surface area contributed by atoms with Gasteiger partial charge in [-0.2, -0.15) is 5.10 Å². The second kappa shape index (κ2) is 3.70. The molecule has 4 N–H and O–H groups in total. The molecule has 0 amide bonds. The second-order valence-corrected chi connectivity index (χ2v) is 2.65. The lowest BCUT2D eigenvalue weighted by Crippen LogP contribution is -2.20. The van der Waals surface area contributed by atoms with Crippen LogP contribution >= 0.6 is 0 Å². The Bertz CT molecular complexity index is 319. The third kappa shape index (κ3) is 2.05. The third-order valence-electron chi connectivity index (χ3n) is 1.44. The molecule has 0 saturated carbocycles. The zero-order valence-electron chi connectivity index (χ0n) is 7.60. The Balaban J connectivity index is 3.05. The highest BCUT2D eigenvalue weighted by molar-refractivity contribution is 5.95. The number of hydrogen-bond acceptors (Lipinski definition) is 5. The summed E-state index contributed by atoms with van der Waals surface area (Å²) in [6, 6.07) is 1.65. The van der Waals surface area contributed by atoms with Crippen molar-refractivity contribution in [3.63, 3.8) is 0 Å². The lowest BCUT2D eigenvalue weighted by Gasteiger charge is -2.09. The summed E-state index contributed by atoms with van der Waals surface area (Å²) in [7, 11) is 3.68. The van der Waals surface area contributed by atoms with E-state index >= 15 is 0 Å². The molecule has 6 nitrogen and oxygen atoms in total. The number of hydrazone groups is 1. The predicted molar refractivity (Wildman–Crippen MR) is 51.3 cm³/mol. The van der Waals surface area contributed by atoms with E-state index in [-0.39, 0.29) is 5.84 Å². The van der Waals surface area contributed by atoms with Crippen LogP contribution in [0, 0.1) is 0 Å².